The average Bonchev–Trinajstić information content (AvgIpc) is 2.73. The van der Waals surface area contributed by atoms with Gasteiger partial charge in [0.1, 0.15) is 0 Å². The van der Waals surface area contributed by atoms with Crippen molar-refractivity contribution in [2.45, 2.75) is 96.8 Å². The molecule has 6 heteroatoms. The molecule has 0 spiro atoms. The Hall–Kier alpha value is -0.840. The highest BCUT2D eigenvalue weighted by Crippen LogP contribution is 2.21. The Kier molecular flexibility index (Phi) is 17.1. The van der Waals surface area contributed by atoms with Gasteiger partial charge in [-0.1, -0.05) is 120 Å². The molecule has 0 heterocycles. The lowest BCUT2D eigenvalue weighted by molar-refractivity contribution is 0.535. The quantitative estimate of drug-likeness (QED) is 0.104. The van der Waals surface area contributed by atoms with E-state index in [1.807, 2.05) is 6.07 Å². The number of hydrazone groups is 1. The first-order chi connectivity index (χ1) is 14.6. The second-order valence-corrected chi connectivity index (χ2v) is 9.12. The molecule has 0 fully saturated rings. The minimum atomic E-state index is 0.513. The van der Waals surface area contributed by atoms with Crippen molar-refractivity contribution in [2.24, 2.45) is 5.10 Å². The third-order valence-electron chi connectivity index (χ3n) is 5.14. The van der Waals surface area contributed by atoms with Gasteiger partial charge in [0.15, 0.2) is 5.11 Å². The van der Waals surface area contributed by atoms with Crippen LogP contribution in [0.3, 0.4) is 0 Å². The second kappa shape index (κ2) is 18.9. The van der Waals surface area contributed by atoms with Crippen LogP contribution in [-0.4, -0.2) is 17.9 Å². The summed E-state index contributed by atoms with van der Waals surface area (Å²) < 4.78 is 0. The summed E-state index contributed by atoms with van der Waals surface area (Å²) in [6.45, 7) is 3.16. The third-order valence-corrected chi connectivity index (χ3v) is 6.11. The zero-order valence-electron chi connectivity index (χ0n) is 18.5. The Labute approximate surface area is 199 Å². The standard InChI is InChI=1S/C24H39Cl2N3S/c1-2-3-4-5-6-7-8-9-10-11-12-13-14-15-18-27-24(30)29-28-20-21-16-17-22(25)23(26)19-21/h16-17,19-20H,2-15,18H2,1H3,(H2,27,29,30). The predicted molar refractivity (Wildman–Crippen MR) is 138 cm³/mol. The number of hydrogen-bond acceptors (Lipinski definition) is 2. The van der Waals surface area contributed by atoms with Crippen molar-refractivity contribution >= 4 is 46.7 Å². The van der Waals surface area contributed by atoms with Gasteiger partial charge in [0, 0.05) is 6.54 Å². The van der Waals surface area contributed by atoms with Crippen LogP contribution < -0.4 is 10.7 Å². The molecule has 30 heavy (non-hydrogen) atoms. The number of hydrogen-bond donors (Lipinski definition) is 2. The van der Waals surface area contributed by atoms with Gasteiger partial charge in [-0.15, -0.1) is 0 Å². The third kappa shape index (κ3) is 15.0. The van der Waals surface area contributed by atoms with E-state index in [0.717, 1.165) is 18.5 Å². The van der Waals surface area contributed by atoms with Gasteiger partial charge in [-0.25, -0.2) is 0 Å². The zero-order chi connectivity index (χ0) is 21.9. The van der Waals surface area contributed by atoms with Crippen LogP contribution in [0.25, 0.3) is 0 Å². The maximum Gasteiger partial charge on any atom is 0.186 e. The summed E-state index contributed by atoms with van der Waals surface area (Å²) in [6, 6.07) is 5.36. The number of rotatable bonds is 17. The van der Waals surface area contributed by atoms with Crippen LogP contribution in [0, 0.1) is 0 Å². The summed E-state index contributed by atoms with van der Waals surface area (Å²) in [4.78, 5) is 0. The van der Waals surface area contributed by atoms with E-state index in [4.69, 9.17) is 35.4 Å². The molecule has 0 saturated carbocycles. The Balaban J connectivity index is 1.88. The number of nitrogens with one attached hydrogen (secondary N) is 2. The van der Waals surface area contributed by atoms with E-state index in [9.17, 15) is 0 Å². The van der Waals surface area contributed by atoms with Crippen molar-refractivity contribution < 1.29 is 0 Å². The molecular formula is C24H39Cl2N3S. The Morgan fingerprint density at radius 1 is 0.833 bits per heavy atom. The van der Waals surface area contributed by atoms with Crippen LogP contribution in [0.5, 0.6) is 0 Å². The first-order valence-electron chi connectivity index (χ1n) is 11.7. The second-order valence-electron chi connectivity index (χ2n) is 7.90. The molecule has 0 saturated heterocycles. The van der Waals surface area contributed by atoms with Gasteiger partial charge < -0.3 is 5.32 Å². The smallest absolute Gasteiger partial charge is 0.186 e. The number of halogens is 2. The molecule has 0 aromatic heterocycles. The molecular weight excluding hydrogens is 433 g/mol. The lowest BCUT2D eigenvalue weighted by Gasteiger charge is -2.07. The number of nitrogens with zero attached hydrogens (tertiary/aromatic N) is 1. The lowest BCUT2D eigenvalue weighted by Crippen LogP contribution is -2.32. The average molecular weight is 473 g/mol. The Morgan fingerprint density at radius 3 is 1.90 bits per heavy atom. The summed E-state index contributed by atoms with van der Waals surface area (Å²) in [7, 11) is 0. The lowest BCUT2D eigenvalue weighted by atomic mass is 10.0. The molecule has 3 nitrogen and oxygen atoms in total. The first kappa shape index (κ1) is 27.2. The van der Waals surface area contributed by atoms with Crippen molar-refractivity contribution in [1.29, 1.82) is 0 Å². The van der Waals surface area contributed by atoms with Crippen LogP contribution in [0.2, 0.25) is 10.0 Å². The fourth-order valence-electron chi connectivity index (χ4n) is 3.32. The summed E-state index contributed by atoms with van der Waals surface area (Å²) in [5.41, 5.74) is 3.70. The maximum absolute atomic E-state index is 5.98. The largest absolute Gasteiger partial charge is 0.361 e. The minimum absolute atomic E-state index is 0.513. The van der Waals surface area contributed by atoms with E-state index in [-0.39, 0.29) is 0 Å². The molecule has 2 N–H and O–H groups in total. The van der Waals surface area contributed by atoms with Gasteiger partial charge in [0.2, 0.25) is 0 Å². The molecule has 0 atom stereocenters. The topological polar surface area (TPSA) is 36.4 Å². The SMILES string of the molecule is CCCCCCCCCCCCCCCCNC(=S)NN=Cc1ccc(Cl)c(Cl)c1. The van der Waals surface area contributed by atoms with E-state index < -0.39 is 0 Å². The van der Waals surface area contributed by atoms with E-state index in [0.29, 0.717) is 15.2 Å². The fraction of sp³-hybridized carbons (Fsp3) is 0.667. The molecule has 0 aliphatic rings. The summed E-state index contributed by atoms with van der Waals surface area (Å²) in [6.07, 6.45) is 20.8. The van der Waals surface area contributed by atoms with Gasteiger partial charge in [-0.2, -0.15) is 5.10 Å². The van der Waals surface area contributed by atoms with Crippen LogP contribution in [-0.2, 0) is 0 Å². The van der Waals surface area contributed by atoms with Crippen LogP contribution >= 0.6 is 35.4 Å². The van der Waals surface area contributed by atoms with Crippen molar-refractivity contribution in [3.8, 4) is 0 Å². The van der Waals surface area contributed by atoms with E-state index in [1.54, 1.807) is 18.3 Å². The normalized spacial score (nSPS) is 11.2. The number of thiocarbonyl (C=S) groups is 1. The van der Waals surface area contributed by atoms with E-state index >= 15 is 0 Å². The van der Waals surface area contributed by atoms with Crippen LogP contribution in [0.4, 0.5) is 0 Å². The molecule has 0 bridgehead atoms. The molecule has 0 unspecified atom stereocenters. The summed E-state index contributed by atoms with van der Waals surface area (Å²) in [5, 5.41) is 8.90. The van der Waals surface area contributed by atoms with Gasteiger partial charge >= 0.3 is 0 Å². The zero-order valence-corrected chi connectivity index (χ0v) is 20.9. The number of benzene rings is 1. The van der Waals surface area contributed by atoms with Gasteiger partial charge in [-0.3, -0.25) is 5.43 Å². The van der Waals surface area contributed by atoms with Crippen LogP contribution in [0.1, 0.15) is 102 Å². The van der Waals surface area contributed by atoms with Crippen molar-refractivity contribution in [2.75, 3.05) is 6.54 Å². The summed E-state index contributed by atoms with van der Waals surface area (Å²) in [5.74, 6) is 0. The summed E-state index contributed by atoms with van der Waals surface area (Å²) >= 11 is 17.1. The monoisotopic (exact) mass is 471 g/mol. The van der Waals surface area contributed by atoms with Gasteiger partial charge in [-0.05, 0) is 36.3 Å². The molecule has 0 aliphatic carbocycles. The molecule has 0 aliphatic heterocycles. The van der Waals surface area contributed by atoms with Crippen molar-refractivity contribution in [3.05, 3.63) is 33.8 Å². The highest BCUT2D eigenvalue weighted by molar-refractivity contribution is 7.80. The minimum Gasteiger partial charge on any atom is -0.361 e. The van der Waals surface area contributed by atoms with Crippen LogP contribution in [0.15, 0.2) is 23.3 Å². The van der Waals surface area contributed by atoms with Gasteiger partial charge in [0.25, 0.3) is 0 Å². The molecule has 0 radical (unpaired) electrons. The first-order valence-corrected chi connectivity index (χ1v) is 12.8. The highest BCUT2D eigenvalue weighted by atomic mass is 35.5. The molecule has 0 amide bonds. The van der Waals surface area contributed by atoms with E-state index in [1.165, 1.54) is 83.5 Å². The highest BCUT2D eigenvalue weighted by Gasteiger charge is 1.98. The van der Waals surface area contributed by atoms with Crippen molar-refractivity contribution in [3.63, 3.8) is 0 Å². The molecule has 170 valence electrons. The molecule has 1 rings (SSSR count). The molecule has 1 aromatic carbocycles. The van der Waals surface area contributed by atoms with Gasteiger partial charge in [0.05, 0.1) is 16.3 Å². The predicted octanol–water partition coefficient (Wildman–Crippen LogP) is 8.27. The van der Waals surface area contributed by atoms with Crippen molar-refractivity contribution in [1.82, 2.24) is 10.7 Å². The number of unbranched alkanes of at least 4 members (excludes halogenated alkanes) is 13. The molecule has 1 aromatic rings. The van der Waals surface area contributed by atoms with E-state index in [2.05, 4.69) is 22.8 Å². The maximum atomic E-state index is 5.98. The Morgan fingerprint density at radius 2 is 1.37 bits per heavy atom. The Bertz CT molecular complexity index is 608. The fourth-order valence-corrected chi connectivity index (χ4v) is 3.78.